The second-order valence-corrected chi connectivity index (χ2v) is 4.23. The summed E-state index contributed by atoms with van der Waals surface area (Å²) in [6, 6.07) is 3.49. The summed E-state index contributed by atoms with van der Waals surface area (Å²) in [5.41, 5.74) is 0. The maximum atomic E-state index is 11.8. The zero-order chi connectivity index (χ0) is 12.7. The van der Waals surface area contributed by atoms with Gasteiger partial charge in [-0.15, -0.1) is 11.3 Å². The van der Waals surface area contributed by atoms with Crippen molar-refractivity contribution in [2.75, 3.05) is 13.2 Å². The predicted molar refractivity (Wildman–Crippen MR) is 65.3 cm³/mol. The lowest BCUT2D eigenvalue weighted by Crippen LogP contribution is -2.29. The minimum Gasteiger partial charge on any atom is -0.346 e. The van der Waals surface area contributed by atoms with Crippen molar-refractivity contribution in [3.63, 3.8) is 0 Å². The van der Waals surface area contributed by atoms with Gasteiger partial charge in [0.15, 0.2) is 11.6 Å². The number of Topliss-reactive ketones (excluding diaryl/α,β-unsaturated/α-hetero) is 2. The van der Waals surface area contributed by atoms with Crippen LogP contribution in [0.4, 0.5) is 0 Å². The van der Waals surface area contributed by atoms with E-state index in [4.69, 9.17) is 9.47 Å². The van der Waals surface area contributed by atoms with Crippen LogP contribution in [0.5, 0.6) is 0 Å². The second kappa shape index (κ2) is 7.32. The quantitative estimate of drug-likeness (QED) is 0.407. The zero-order valence-corrected chi connectivity index (χ0v) is 10.8. The SMILES string of the molecule is CCOC(OCC)C(=O)CC(=O)c1cccs1. The second-order valence-electron chi connectivity index (χ2n) is 3.29. The molecule has 0 aromatic carbocycles. The number of hydrogen-bond donors (Lipinski definition) is 0. The predicted octanol–water partition coefficient (Wildman–Crippen LogP) is 2.29. The highest BCUT2D eigenvalue weighted by molar-refractivity contribution is 7.12. The first kappa shape index (κ1) is 14.0. The minimum atomic E-state index is -0.922. The molecule has 0 unspecified atom stereocenters. The molecule has 17 heavy (non-hydrogen) atoms. The normalized spacial score (nSPS) is 10.8. The highest BCUT2D eigenvalue weighted by Crippen LogP contribution is 2.12. The summed E-state index contributed by atoms with van der Waals surface area (Å²) < 4.78 is 10.3. The van der Waals surface area contributed by atoms with Gasteiger partial charge in [-0.2, -0.15) is 0 Å². The Bertz CT molecular complexity index is 353. The molecular formula is C12H16O4S. The number of carbonyl (C=O) groups excluding carboxylic acids is 2. The molecular weight excluding hydrogens is 240 g/mol. The highest BCUT2D eigenvalue weighted by atomic mass is 32.1. The Balaban J connectivity index is 2.54. The first-order valence-electron chi connectivity index (χ1n) is 5.51. The van der Waals surface area contributed by atoms with Gasteiger partial charge < -0.3 is 9.47 Å². The van der Waals surface area contributed by atoms with Gasteiger partial charge in [0.2, 0.25) is 6.29 Å². The van der Waals surface area contributed by atoms with E-state index in [1.54, 1.807) is 31.4 Å². The molecule has 0 saturated carbocycles. The summed E-state index contributed by atoms with van der Waals surface area (Å²) in [5.74, 6) is -0.512. The van der Waals surface area contributed by atoms with Gasteiger partial charge in [0.1, 0.15) is 0 Å². The fraction of sp³-hybridized carbons (Fsp3) is 0.500. The Labute approximate surface area is 105 Å². The molecule has 5 heteroatoms. The molecule has 1 rings (SSSR count). The van der Waals surface area contributed by atoms with E-state index in [0.29, 0.717) is 18.1 Å². The van der Waals surface area contributed by atoms with Crippen LogP contribution in [0, 0.1) is 0 Å². The molecule has 1 heterocycles. The maximum absolute atomic E-state index is 11.8. The van der Waals surface area contributed by atoms with Gasteiger partial charge in [0, 0.05) is 13.2 Å². The van der Waals surface area contributed by atoms with Gasteiger partial charge in [-0.1, -0.05) is 6.07 Å². The standard InChI is InChI=1S/C12H16O4S/c1-3-15-12(16-4-2)10(14)8-9(13)11-6-5-7-17-11/h5-7,12H,3-4,8H2,1-2H3. The molecule has 0 bridgehead atoms. The van der Waals surface area contributed by atoms with Gasteiger partial charge in [0.25, 0.3) is 0 Å². The summed E-state index contributed by atoms with van der Waals surface area (Å²) >= 11 is 1.33. The molecule has 0 aliphatic heterocycles. The molecule has 0 spiro atoms. The number of rotatable bonds is 8. The Hall–Kier alpha value is -1.04. The smallest absolute Gasteiger partial charge is 0.218 e. The van der Waals surface area contributed by atoms with E-state index in [1.807, 2.05) is 0 Å². The molecule has 0 N–H and O–H groups in total. The number of ether oxygens (including phenoxy) is 2. The summed E-state index contributed by atoms with van der Waals surface area (Å²) in [6.07, 6.45) is -1.10. The number of hydrogen-bond acceptors (Lipinski definition) is 5. The fourth-order valence-corrected chi connectivity index (χ4v) is 1.97. The molecule has 0 amide bonds. The summed E-state index contributed by atoms with van der Waals surface area (Å²) in [7, 11) is 0. The van der Waals surface area contributed by atoms with Crippen LogP contribution < -0.4 is 0 Å². The van der Waals surface area contributed by atoms with E-state index >= 15 is 0 Å². The van der Waals surface area contributed by atoms with Crippen molar-refractivity contribution in [2.45, 2.75) is 26.6 Å². The molecule has 0 fully saturated rings. The van der Waals surface area contributed by atoms with Crippen LogP contribution in [-0.4, -0.2) is 31.1 Å². The van der Waals surface area contributed by atoms with Gasteiger partial charge in [-0.05, 0) is 25.3 Å². The van der Waals surface area contributed by atoms with Crippen LogP contribution in [0.15, 0.2) is 17.5 Å². The first-order valence-corrected chi connectivity index (χ1v) is 6.39. The van der Waals surface area contributed by atoms with E-state index in [2.05, 4.69) is 0 Å². The van der Waals surface area contributed by atoms with E-state index in [9.17, 15) is 9.59 Å². The lowest BCUT2D eigenvalue weighted by molar-refractivity contribution is -0.166. The molecule has 1 aromatic rings. The molecule has 0 saturated heterocycles. The molecule has 94 valence electrons. The average Bonchev–Trinajstić information content (AvgIpc) is 2.82. The van der Waals surface area contributed by atoms with E-state index < -0.39 is 6.29 Å². The zero-order valence-electron chi connectivity index (χ0n) is 9.97. The molecule has 0 aliphatic rings. The Morgan fingerprint density at radius 3 is 2.41 bits per heavy atom. The summed E-state index contributed by atoms with van der Waals surface area (Å²) in [6.45, 7) is 4.31. The van der Waals surface area contributed by atoms with Crippen molar-refractivity contribution in [3.05, 3.63) is 22.4 Å². The van der Waals surface area contributed by atoms with Crippen molar-refractivity contribution in [1.82, 2.24) is 0 Å². The largest absolute Gasteiger partial charge is 0.346 e. The van der Waals surface area contributed by atoms with Crippen molar-refractivity contribution in [1.29, 1.82) is 0 Å². The van der Waals surface area contributed by atoms with Crippen molar-refractivity contribution in [3.8, 4) is 0 Å². The molecule has 0 radical (unpaired) electrons. The lowest BCUT2D eigenvalue weighted by atomic mass is 10.1. The van der Waals surface area contributed by atoms with Crippen LogP contribution in [-0.2, 0) is 14.3 Å². The average molecular weight is 256 g/mol. The first-order chi connectivity index (χ1) is 8.19. The van der Waals surface area contributed by atoms with E-state index in [-0.39, 0.29) is 18.0 Å². The van der Waals surface area contributed by atoms with Crippen molar-refractivity contribution >= 4 is 22.9 Å². The van der Waals surface area contributed by atoms with Gasteiger partial charge in [0.05, 0.1) is 11.3 Å². The number of ketones is 2. The van der Waals surface area contributed by atoms with Crippen LogP contribution >= 0.6 is 11.3 Å². The van der Waals surface area contributed by atoms with Gasteiger partial charge >= 0.3 is 0 Å². The third-order valence-corrected chi connectivity index (χ3v) is 2.94. The number of carbonyl (C=O) groups is 2. The highest BCUT2D eigenvalue weighted by Gasteiger charge is 2.22. The van der Waals surface area contributed by atoms with Crippen molar-refractivity contribution in [2.24, 2.45) is 0 Å². The van der Waals surface area contributed by atoms with Crippen LogP contribution in [0.1, 0.15) is 29.9 Å². The maximum Gasteiger partial charge on any atom is 0.218 e. The topological polar surface area (TPSA) is 52.6 Å². The summed E-state index contributed by atoms with van der Waals surface area (Å²) in [4.78, 5) is 24.1. The van der Waals surface area contributed by atoms with Gasteiger partial charge in [-0.3, -0.25) is 9.59 Å². The Kier molecular flexibility index (Phi) is 6.04. The number of thiophene rings is 1. The Morgan fingerprint density at radius 2 is 1.94 bits per heavy atom. The summed E-state index contributed by atoms with van der Waals surface area (Å²) in [5, 5.41) is 1.81. The van der Waals surface area contributed by atoms with Gasteiger partial charge in [-0.25, -0.2) is 0 Å². The molecule has 0 aliphatic carbocycles. The third kappa shape index (κ3) is 4.38. The lowest BCUT2D eigenvalue weighted by Gasteiger charge is -2.14. The van der Waals surface area contributed by atoms with Crippen molar-refractivity contribution < 1.29 is 19.1 Å². The fourth-order valence-electron chi connectivity index (χ4n) is 1.30. The molecule has 0 atom stereocenters. The van der Waals surface area contributed by atoms with Crippen LogP contribution in [0.25, 0.3) is 0 Å². The van der Waals surface area contributed by atoms with Crippen LogP contribution in [0.2, 0.25) is 0 Å². The van der Waals surface area contributed by atoms with Crippen LogP contribution in [0.3, 0.4) is 0 Å². The molecule has 4 nitrogen and oxygen atoms in total. The van der Waals surface area contributed by atoms with E-state index in [0.717, 1.165) is 0 Å². The monoisotopic (exact) mass is 256 g/mol. The Morgan fingerprint density at radius 1 is 1.29 bits per heavy atom. The van der Waals surface area contributed by atoms with E-state index in [1.165, 1.54) is 11.3 Å². The molecule has 1 aromatic heterocycles. The third-order valence-electron chi connectivity index (χ3n) is 2.03. The minimum absolute atomic E-state index is 0.175.